The number of carbonyl (C=O) groups excluding carboxylic acids is 2. The first-order valence-electron chi connectivity index (χ1n) is 6.72. The predicted octanol–water partition coefficient (Wildman–Crippen LogP) is 1.92. The van der Waals surface area contributed by atoms with Gasteiger partial charge in [0.1, 0.15) is 5.82 Å². The number of halogens is 2. The van der Waals surface area contributed by atoms with Crippen LogP contribution in [0.5, 0.6) is 0 Å². The molecule has 0 aliphatic carbocycles. The normalized spacial score (nSPS) is 11.0. The average molecular weight is 387 g/mol. The Morgan fingerprint density at radius 3 is 2.40 bits per heavy atom. The summed E-state index contributed by atoms with van der Waals surface area (Å²) in [6.45, 7) is -0.694. The second-order valence-corrected chi connectivity index (χ2v) is 6.82. The van der Waals surface area contributed by atoms with Gasteiger partial charge in [-0.25, -0.2) is 22.7 Å². The molecule has 25 heavy (non-hydrogen) atoms. The molecular weight excluding hydrogens is 375 g/mol. The van der Waals surface area contributed by atoms with Crippen molar-refractivity contribution in [2.45, 2.75) is 4.90 Å². The van der Waals surface area contributed by atoms with Gasteiger partial charge in [0, 0.05) is 10.7 Å². The third-order valence-corrected chi connectivity index (χ3v) is 4.11. The van der Waals surface area contributed by atoms with Gasteiger partial charge in [-0.15, -0.1) is 0 Å². The molecule has 132 valence electrons. The summed E-state index contributed by atoms with van der Waals surface area (Å²) < 4.78 is 40.8. The van der Waals surface area contributed by atoms with E-state index in [9.17, 15) is 22.4 Å². The van der Waals surface area contributed by atoms with E-state index in [1.54, 1.807) is 12.1 Å². The molecule has 2 rings (SSSR count). The Morgan fingerprint density at radius 1 is 1.16 bits per heavy atom. The molecule has 0 spiro atoms. The standard InChI is InChI=1S/C15H12ClFN2O5S/c16-9-1-3-10(4-2-9)19-14(20)8-24-15(21)12-7-11(25(18,22)23)5-6-13(12)17/h1-7H,8H2,(H,19,20)(H2,18,22,23). The van der Waals surface area contributed by atoms with E-state index in [-0.39, 0.29) is 0 Å². The van der Waals surface area contributed by atoms with Crippen molar-refractivity contribution < 1.29 is 27.1 Å². The van der Waals surface area contributed by atoms with Crippen LogP contribution in [0.1, 0.15) is 10.4 Å². The van der Waals surface area contributed by atoms with Crippen LogP contribution in [0.3, 0.4) is 0 Å². The monoisotopic (exact) mass is 386 g/mol. The lowest BCUT2D eigenvalue weighted by Crippen LogP contribution is -2.21. The van der Waals surface area contributed by atoms with Crippen LogP contribution in [-0.4, -0.2) is 26.9 Å². The van der Waals surface area contributed by atoms with Gasteiger partial charge in [-0.05, 0) is 42.5 Å². The zero-order valence-electron chi connectivity index (χ0n) is 12.5. The number of ether oxygens (including phenoxy) is 1. The summed E-state index contributed by atoms with van der Waals surface area (Å²) in [5.74, 6) is -2.87. The van der Waals surface area contributed by atoms with E-state index in [1.807, 2.05) is 0 Å². The lowest BCUT2D eigenvalue weighted by Gasteiger charge is -2.08. The molecule has 0 bridgehead atoms. The SMILES string of the molecule is NS(=O)(=O)c1ccc(F)c(C(=O)OCC(=O)Nc2ccc(Cl)cc2)c1. The molecule has 0 aliphatic heterocycles. The topological polar surface area (TPSA) is 116 Å². The van der Waals surface area contributed by atoms with Gasteiger partial charge in [0.05, 0.1) is 10.5 Å². The number of sulfonamides is 1. The van der Waals surface area contributed by atoms with Gasteiger partial charge in [0.25, 0.3) is 5.91 Å². The average Bonchev–Trinajstić information content (AvgIpc) is 2.54. The smallest absolute Gasteiger partial charge is 0.341 e. The van der Waals surface area contributed by atoms with Crippen molar-refractivity contribution in [1.29, 1.82) is 0 Å². The Bertz CT molecular complexity index is 916. The molecule has 0 atom stereocenters. The van der Waals surface area contributed by atoms with Gasteiger partial charge in [0.2, 0.25) is 10.0 Å². The molecule has 1 amide bonds. The van der Waals surface area contributed by atoms with Crippen molar-refractivity contribution in [1.82, 2.24) is 0 Å². The van der Waals surface area contributed by atoms with E-state index in [4.69, 9.17) is 16.7 Å². The summed E-state index contributed by atoms with van der Waals surface area (Å²) in [7, 11) is -4.12. The van der Waals surface area contributed by atoms with Crippen LogP contribution in [0, 0.1) is 5.82 Å². The Labute approximate surface area is 147 Å². The Hall–Kier alpha value is -2.49. The van der Waals surface area contributed by atoms with Gasteiger partial charge in [-0.3, -0.25) is 4.79 Å². The largest absolute Gasteiger partial charge is 0.452 e. The highest BCUT2D eigenvalue weighted by molar-refractivity contribution is 7.89. The molecule has 7 nitrogen and oxygen atoms in total. The number of anilines is 1. The molecule has 10 heteroatoms. The van der Waals surface area contributed by atoms with Crippen molar-refractivity contribution in [3.05, 3.63) is 58.9 Å². The molecule has 2 aromatic carbocycles. The third-order valence-electron chi connectivity index (χ3n) is 2.95. The number of esters is 1. The second kappa shape index (κ2) is 7.60. The maximum atomic E-state index is 13.7. The first-order valence-corrected chi connectivity index (χ1v) is 8.64. The van der Waals surface area contributed by atoms with Crippen LogP contribution in [0.2, 0.25) is 5.02 Å². The highest BCUT2D eigenvalue weighted by atomic mass is 35.5. The highest BCUT2D eigenvalue weighted by Crippen LogP contribution is 2.16. The van der Waals surface area contributed by atoms with E-state index in [0.29, 0.717) is 10.7 Å². The van der Waals surface area contributed by atoms with Gasteiger partial charge >= 0.3 is 5.97 Å². The van der Waals surface area contributed by atoms with E-state index in [0.717, 1.165) is 18.2 Å². The van der Waals surface area contributed by atoms with Crippen molar-refractivity contribution >= 4 is 39.2 Å². The molecule has 0 heterocycles. The van der Waals surface area contributed by atoms with E-state index >= 15 is 0 Å². The number of rotatable bonds is 5. The summed E-state index contributed by atoms with van der Waals surface area (Å²) in [5, 5.41) is 7.84. The first kappa shape index (κ1) is 18.8. The van der Waals surface area contributed by atoms with Crippen LogP contribution in [0.25, 0.3) is 0 Å². The maximum Gasteiger partial charge on any atom is 0.341 e. The summed E-state index contributed by atoms with van der Waals surface area (Å²) in [6.07, 6.45) is 0. The number of nitrogens with one attached hydrogen (secondary N) is 1. The van der Waals surface area contributed by atoms with Crippen LogP contribution >= 0.6 is 11.6 Å². The van der Waals surface area contributed by atoms with Crippen LogP contribution in [0.4, 0.5) is 10.1 Å². The highest BCUT2D eigenvalue weighted by Gasteiger charge is 2.19. The minimum absolute atomic E-state index is 0.424. The van der Waals surface area contributed by atoms with E-state index in [2.05, 4.69) is 10.1 Å². The minimum Gasteiger partial charge on any atom is -0.452 e. The fraction of sp³-hybridized carbons (Fsp3) is 0.0667. The zero-order chi connectivity index (χ0) is 18.6. The molecule has 3 N–H and O–H groups in total. The fourth-order valence-electron chi connectivity index (χ4n) is 1.78. The Kier molecular flexibility index (Phi) is 5.73. The molecule has 0 saturated heterocycles. The van der Waals surface area contributed by atoms with Gasteiger partial charge < -0.3 is 10.1 Å². The summed E-state index contributed by atoms with van der Waals surface area (Å²) in [6, 6.07) is 8.60. The number of nitrogens with two attached hydrogens (primary N) is 1. The number of hydrogen-bond donors (Lipinski definition) is 2. The van der Waals surface area contributed by atoms with Gasteiger partial charge in [-0.1, -0.05) is 11.6 Å². The molecule has 0 saturated carbocycles. The summed E-state index contributed by atoms with van der Waals surface area (Å²) >= 11 is 5.71. The number of benzene rings is 2. The lowest BCUT2D eigenvalue weighted by atomic mass is 10.2. The summed E-state index contributed by atoms with van der Waals surface area (Å²) in [5.41, 5.74) is -0.223. The molecule has 0 fully saturated rings. The van der Waals surface area contributed by atoms with E-state index in [1.165, 1.54) is 12.1 Å². The first-order chi connectivity index (χ1) is 11.7. The maximum absolute atomic E-state index is 13.7. The van der Waals surface area contributed by atoms with Crippen LogP contribution in [-0.2, 0) is 19.6 Å². The van der Waals surface area contributed by atoms with Crippen molar-refractivity contribution in [3.63, 3.8) is 0 Å². The Balaban J connectivity index is 2.02. The third kappa shape index (κ3) is 5.24. The van der Waals surface area contributed by atoms with Gasteiger partial charge in [0.15, 0.2) is 6.61 Å². The molecular formula is C15H12ClFN2O5S. The summed E-state index contributed by atoms with van der Waals surface area (Å²) in [4.78, 5) is 23.1. The minimum atomic E-state index is -4.12. The molecule has 0 aliphatic rings. The van der Waals surface area contributed by atoms with Crippen molar-refractivity contribution in [2.24, 2.45) is 5.14 Å². The van der Waals surface area contributed by atoms with Crippen LogP contribution < -0.4 is 10.5 Å². The second-order valence-electron chi connectivity index (χ2n) is 4.82. The fourth-order valence-corrected chi connectivity index (χ4v) is 2.44. The Morgan fingerprint density at radius 2 is 1.80 bits per heavy atom. The van der Waals surface area contributed by atoms with Gasteiger partial charge in [-0.2, -0.15) is 0 Å². The van der Waals surface area contributed by atoms with E-state index < -0.39 is 44.8 Å². The lowest BCUT2D eigenvalue weighted by molar-refractivity contribution is -0.119. The number of hydrogen-bond acceptors (Lipinski definition) is 5. The molecule has 2 aromatic rings. The predicted molar refractivity (Wildman–Crippen MR) is 88.1 cm³/mol. The van der Waals surface area contributed by atoms with Crippen molar-refractivity contribution in [2.75, 3.05) is 11.9 Å². The van der Waals surface area contributed by atoms with Crippen LogP contribution in [0.15, 0.2) is 47.4 Å². The number of primary sulfonamides is 1. The molecule has 0 radical (unpaired) electrons. The zero-order valence-corrected chi connectivity index (χ0v) is 14.1. The van der Waals surface area contributed by atoms with Crippen molar-refractivity contribution in [3.8, 4) is 0 Å². The number of amides is 1. The number of carbonyl (C=O) groups is 2. The quantitative estimate of drug-likeness (QED) is 0.761. The molecule has 0 unspecified atom stereocenters. The molecule has 0 aromatic heterocycles.